The van der Waals surface area contributed by atoms with E-state index >= 15 is 0 Å². The quantitative estimate of drug-likeness (QED) is 0.884. The van der Waals surface area contributed by atoms with Crippen molar-refractivity contribution in [3.8, 4) is 0 Å². The number of pyridine rings is 2. The first-order valence-electron chi connectivity index (χ1n) is 7.86. The smallest absolute Gasteiger partial charge is 0.354 e. The number of nitrogens with one attached hydrogen (secondary N) is 1. The zero-order chi connectivity index (χ0) is 16.1. The van der Waals surface area contributed by atoms with Gasteiger partial charge in [0.25, 0.3) is 0 Å². The Morgan fingerprint density at radius 1 is 1.17 bits per heavy atom. The van der Waals surface area contributed by atoms with Gasteiger partial charge in [0, 0.05) is 25.8 Å². The molecule has 0 aliphatic carbocycles. The minimum absolute atomic E-state index is 0.0357. The van der Waals surface area contributed by atoms with Crippen molar-refractivity contribution in [2.45, 2.75) is 25.8 Å². The van der Waals surface area contributed by atoms with Gasteiger partial charge in [0.1, 0.15) is 11.6 Å². The molecule has 3 heterocycles. The molecule has 0 aromatic carbocycles. The summed E-state index contributed by atoms with van der Waals surface area (Å²) in [6, 6.07) is 9.00. The number of carbonyl (C=O) groups is 1. The molecule has 0 unspecified atom stereocenters. The van der Waals surface area contributed by atoms with E-state index in [4.69, 9.17) is 5.11 Å². The fourth-order valence-corrected chi connectivity index (χ4v) is 2.68. The highest BCUT2D eigenvalue weighted by Crippen LogP contribution is 2.17. The molecule has 1 aliphatic heterocycles. The van der Waals surface area contributed by atoms with Crippen LogP contribution in [0.5, 0.6) is 0 Å². The number of nitrogens with zero attached hydrogens (tertiary/aromatic N) is 3. The van der Waals surface area contributed by atoms with Crippen molar-refractivity contribution < 1.29 is 9.90 Å². The topological polar surface area (TPSA) is 78.4 Å². The Morgan fingerprint density at radius 2 is 2.00 bits per heavy atom. The van der Waals surface area contributed by atoms with Crippen molar-refractivity contribution in [1.29, 1.82) is 0 Å². The summed E-state index contributed by atoms with van der Waals surface area (Å²) in [6.07, 6.45) is 5.63. The number of aromatic nitrogens is 2. The number of anilines is 2. The first-order chi connectivity index (χ1) is 11.2. The molecule has 3 rings (SSSR count). The molecular weight excluding hydrogens is 292 g/mol. The number of piperidine rings is 1. The van der Waals surface area contributed by atoms with Crippen LogP contribution in [0.3, 0.4) is 0 Å². The molecule has 1 fully saturated rings. The highest BCUT2D eigenvalue weighted by molar-refractivity contribution is 5.85. The summed E-state index contributed by atoms with van der Waals surface area (Å²) < 4.78 is 0. The monoisotopic (exact) mass is 312 g/mol. The van der Waals surface area contributed by atoms with Gasteiger partial charge in [-0.3, -0.25) is 0 Å². The molecule has 0 amide bonds. The van der Waals surface area contributed by atoms with Crippen LogP contribution >= 0.6 is 0 Å². The normalized spacial score (nSPS) is 14.5. The van der Waals surface area contributed by atoms with E-state index in [1.807, 2.05) is 18.3 Å². The van der Waals surface area contributed by atoms with Crippen molar-refractivity contribution in [3.63, 3.8) is 0 Å². The number of carboxylic acid groups (broad SMARTS) is 1. The first-order valence-corrected chi connectivity index (χ1v) is 7.86. The molecule has 6 nitrogen and oxygen atoms in total. The van der Waals surface area contributed by atoms with Gasteiger partial charge in [-0.25, -0.2) is 14.8 Å². The van der Waals surface area contributed by atoms with Crippen LogP contribution in [0.2, 0.25) is 0 Å². The molecule has 0 bridgehead atoms. The van der Waals surface area contributed by atoms with Gasteiger partial charge in [-0.05, 0) is 43.0 Å². The molecular formula is C17H20N4O2. The summed E-state index contributed by atoms with van der Waals surface area (Å²) in [7, 11) is 0. The van der Waals surface area contributed by atoms with Crippen molar-refractivity contribution in [2.24, 2.45) is 0 Å². The predicted octanol–water partition coefficient (Wildman–Crippen LogP) is 2.78. The Labute approximate surface area is 135 Å². The lowest BCUT2D eigenvalue weighted by molar-refractivity contribution is 0.0690. The van der Waals surface area contributed by atoms with E-state index in [-0.39, 0.29) is 5.69 Å². The van der Waals surface area contributed by atoms with Crippen molar-refractivity contribution in [3.05, 3.63) is 47.8 Å². The van der Waals surface area contributed by atoms with Crippen molar-refractivity contribution in [2.75, 3.05) is 23.3 Å². The van der Waals surface area contributed by atoms with E-state index < -0.39 is 5.97 Å². The van der Waals surface area contributed by atoms with E-state index in [1.165, 1.54) is 25.3 Å². The third-order valence-corrected chi connectivity index (χ3v) is 3.93. The van der Waals surface area contributed by atoms with Gasteiger partial charge in [-0.1, -0.05) is 12.1 Å². The number of hydrogen-bond donors (Lipinski definition) is 2. The molecule has 1 saturated heterocycles. The molecule has 2 aromatic rings. The lowest BCUT2D eigenvalue weighted by atomic mass is 10.1. The second kappa shape index (κ2) is 7.09. The van der Waals surface area contributed by atoms with Gasteiger partial charge in [-0.2, -0.15) is 0 Å². The van der Waals surface area contributed by atoms with Gasteiger partial charge in [0.05, 0.1) is 0 Å². The Hall–Kier alpha value is -2.63. The fraction of sp³-hybridized carbons (Fsp3) is 0.353. The third kappa shape index (κ3) is 3.97. The third-order valence-electron chi connectivity index (χ3n) is 3.93. The Kier molecular flexibility index (Phi) is 4.71. The standard InChI is InChI=1S/C17H20N4O2/c22-17(23)14-5-4-6-15(20-14)18-11-13-7-8-16(19-12-13)21-9-2-1-3-10-21/h4-8,12H,1-3,9-11H2,(H,18,20)(H,22,23). The Balaban J connectivity index is 1.60. The molecule has 1 aliphatic rings. The average Bonchev–Trinajstić information content (AvgIpc) is 2.61. The van der Waals surface area contributed by atoms with Crippen LogP contribution in [0.25, 0.3) is 0 Å². The van der Waals surface area contributed by atoms with Gasteiger partial charge in [0.2, 0.25) is 0 Å². The minimum Gasteiger partial charge on any atom is -0.477 e. The fourth-order valence-electron chi connectivity index (χ4n) is 2.68. The number of rotatable bonds is 5. The molecule has 2 aromatic heterocycles. The highest BCUT2D eigenvalue weighted by atomic mass is 16.4. The van der Waals surface area contributed by atoms with Crippen molar-refractivity contribution >= 4 is 17.6 Å². The van der Waals surface area contributed by atoms with Gasteiger partial charge >= 0.3 is 5.97 Å². The summed E-state index contributed by atoms with van der Waals surface area (Å²) in [5.41, 5.74) is 1.07. The molecule has 120 valence electrons. The second-order valence-corrected chi connectivity index (χ2v) is 5.64. The van der Waals surface area contributed by atoms with Crippen LogP contribution in [0.15, 0.2) is 36.5 Å². The van der Waals surface area contributed by atoms with E-state index in [9.17, 15) is 4.79 Å². The predicted molar refractivity (Wildman–Crippen MR) is 88.8 cm³/mol. The van der Waals surface area contributed by atoms with Gasteiger partial charge < -0.3 is 15.3 Å². The first kappa shape index (κ1) is 15.3. The maximum atomic E-state index is 10.9. The van der Waals surface area contributed by atoms with E-state index in [0.717, 1.165) is 24.5 Å². The second-order valence-electron chi connectivity index (χ2n) is 5.64. The zero-order valence-electron chi connectivity index (χ0n) is 12.9. The van der Waals surface area contributed by atoms with Crippen LogP contribution in [-0.2, 0) is 6.54 Å². The summed E-state index contributed by atoms with van der Waals surface area (Å²) in [6.45, 7) is 2.72. The SMILES string of the molecule is O=C(O)c1cccc(NCc2ccc(N3CCCCC3)nc2)n1. The van der Waals surface area contributed by atoms with Crippen LogP contribution in [0.4, 0.5) is 11.6 Å². The Morgan fingerprint density at radius 3 is 2.70 bits per heavy atom. The summed E-state index contributed by atoms with van der Waals surface area (Å²) in [5, 5.41) is 12.1. The molecule has 2 N–H and O–H groups in total. The van der Waals surface area contributed by atoms with Crippen LogP contribution in [0, 0.1) is 0 Å². The summed E-state index contributed by atoms with van der Waals surface area (Å²) >= 11 is 0. The van der Waals surface area contributed by atoms with Crippen LogP contribution < -0.4 is 10.2 Å². The van der Waals surface area contributed by atoms with E-state index in [1.54, 1.807) is 12.1 Å². The highest BCUT2D eigenvalue weighted by Gasteiger charge is 2.11. The molecule has 0 saturated carbocycles. The summed E-state index contributed by atoms with van der Waals surface area (Å²) in [5.74, 6) is 0.547. The number of hydrogen-bond acceptors (Lipinski definition) is 5. The molecule has 0 radical (unpaired) electrons. The molecule has 0 atom stereocenters. The number of carboxylic acids is 1. The van der Waals surface area contributed by atoms with Gasteiger partial charge in [0.15, 0.2) is 5.69 Å². The molecule has 0 spiro atoms. The lowest BCUT2D eigenvalue weighted by Gasteiger charge is -2.27. The molecule has 6 heteroatoms. The largest absolute Gasteiger partial charge is 0.477 e. The summed E-state index contributed by atoms with van der Waals surface area (Å²) in [4.78, 5) is 21.8. The maximum Gasteiger partial charge on any atom is 0.354 e. The van der Waals surface area contributed by atoms with Crippen LogP contribution in [-0.4, -0.2) is 34.1 Å². The average molecular weight is 312 g/mol. The van der Waals surface area contributed by atoms with Crippen LogP contribution in [0.1, 0.15) is 35.3 Å². The molecule has 23 heavy (non-hydrogen) atoms. The van der Waals surface area contributed by atoms with E-state index in [2.05, 4.69) is 20.2 Å². The van der Waals surface area contributed by atoms with Gasteiger partial charge in [-0.15, -0.1) is 0 Å². The maximum absolute atomic E-state index is 10.9. The minimum atomic E-state index is -1.03. The Bertz CT molecular complexity index is 667. The zero-order valence-corrected chi connectivity index (χ0v) is 12.9. The lowest BCUT2D eigenvalue weighted by Crippen LogP contribution is -2.30. The van der Waals surface area contributed by atoms with Crippen molar-refractivity contribution in [1.82, 2.24) is 9.97 Å². The number of aromatic carboxylic acids is 1. The van der Waals surface area contributed by atoms with E-state index in [0.29, 0.717) is 12.4 Å².